The molecule has 4 heteroatoms. The lowest BCUT2D eigenvalue weighted by Crippen LogP contribution is -2.01. The summed E-state index contributed by atoms with van der Waals surface area (Å²) in [7, 11) is 0. The van der Waals surface area contributed by atoms with E-state index in [0.717, 1.165) is 22.4 Å². The first-order valence-electron chi connectivity index (χ1n) is 6.81. The number of nitrogens with zero attached hydrogens (tertiary/aromatic N) is 2. The van der Waals surface area contributed by atoms with Gasteiger partial charge in [0.1, 0.15) is 0 Å². The molecule has 3 aromatic rings. The van der Waals surface area contributed by atoms with E-state index in [0.29, 0.717) is 0 Å². The molecule has 0 unspecified atom stereocenters. The van der Waals surface area contributed by atoms with E-state index in [4.69, 9.17) is 0 Å². The third kappa shape index (κ3) is 3.34. The maximum absolute atomic E-state index is 4.23. The highest BCUT2D eigenvalue weighted by molar-refractivity contribution is 9.10. The van der Waals surface area contributed by atoms with Gasteiger partial charge in [0.05, 0.1) is 5.69 Å². The molecule has 0 atom stereocenters. The van der Waals surface area contributed by atoms with Crippen LogP contribution in [0, 0.1) is 6.92 Å². The van der Waals surface area contributed by atoms with Crippen LogP contribution in [0.1, 0.15) is 11.1 Å². The first kappa shape index (κ1) is 13.9. The highest BCUT2D eigenvalue weighted by Gasteiger charge is 2.01. The zero-order valence-electron chi connectivity index (χ0n) is 11.8. The first-order chi connectivity index (χ1) is 10.2. The van der Waals surface area contributed by atoms with E-state index in [2.05, 4.69) is 75.7 Å². The lowest BCUT2D eigenvalue weighted by molar-refractivity contribution is 0.879. The predicted molar refractivity (Wildman–Crippen MR) is 89.8 cm³/mol. The summed E-state index contributed by atoms with van der Waals surface area (Å²) in [5.41, 5.74) is 4.67. The fraction of sp³-hybridized carbons (Fsp3) is 0.118. The zero-order chi connectivity index (χ0) is 14.7. The second-order valence-electron chi connectivity index (χ2n) is 4.95. The van der Waals surface area contributed by atoms with E-state index in [1.54, 1.807) is 6.20 Å². The monoisotopic (exact) mass is 341 g/mol. The minimum Gasteiger partial charge on any atom is -0.380 e. The van der Waals surface area contributed by atoms with Crippen molar-refractivity contribution in [1.82, 2.24) is 9.78 Å². The molecular weight excluding hydrogens is 326 g/mol. The van der Waals surface area contributed by atoms with Crippen LogP contribution in [-0.4, -0.2) is 9.78 Å². The maximum atomic E-state index is 4.23. The lowest BCUT2D eigenvalue weighted by Gasteiger charge is -2.10. The summed E-state index contributed by atoms with van der Waals surface area (Å²) in [6, 6.07) is 16.6. The second-order valence-corrected chi connectivity index (χ2v) is 5.81. The normalized spacial score (nSPS) is 10.6. The molecule has 3 nitrogen and oxygen atoms in total. The Labute approximate surface area is 132 Å². The van der Waals surface area contributed by atoms with E-state index in [1.807, 2.05) is 16.9 Å². The van der Waals surface area contributed by atoms with Crippen molar-refractivity contribution in [2.45, 2.75) is 13.5 Å². The number of benzene rings is 2. The van der Waals surface area contributed by atoms with E-state index >= 15 is 0 Å². The van der Waals surface area contributed by atoms with Crippen molar-refractivity contribution in [2.24, 2.45) is 0 Å². The lowest BCUT2D eigenvalue weighted by atomic mass is 10.2. The van der Waals surface area contributed by atoms with E-state index < -0.39 is 0 Å². The zero-order valence-corrected chi connectivity index (χ0v) is 13.3. The van der Waals surface area contributed by atoms with Gasteiger partial charge in [-0.25, -0.2) is 4.68 Å². The average Bonchev–Trinajstić information content (AvgIpc) is 3.03. The molecule has 2 aromatic carbocycles. The van der Waals surface area contributed by atoms with E-state index in [-0.39, 0.29) is 0 Å². The number of hydrogen-bond donors (Lipinski definition) is 1. The van der Waals surface area contributed by atoms with Gasteiger partial charge < -0.3 is 5.32 Å². The number of aromatic nitrogens is 2. The van der Waals surface area contributed by atoms with Crippen molar-refractivity contribution >= 4 is 21.6 Å². The Bertz CT molecular complexity index is 718. The Morgan fingerprint density at radius 2 is 1.95 bits per heavy atom. The van der Waals surface area contributed by atoms with Crippen LogP contribution in [0.5, 0.6) is 0 Å². The molecule has 0 aliphatic carbocycles. The summed E-state index contributed by atoms with van der Waals surface area (Å²) >= 11 is 3.57. The molecule has 1 N–H and O–H groups in total. The molecule has 0 saturated carbocycles. The van der Waals surface area contributed by atoms with Crippen LogP contribution >= 0.6 is 15.9 Å². The average molecular weight is 342 g/mol. The second kappa shape index (κ2) is 6.14. The van der Waals surface area contributed by atoms with Gasteiger partial charge in [0, 0.05) is 29.1 Å². The number of halogens is 1. The van der Waals surface area contributed by atoms with Gasteiger partial charge in [0.15, 0.2) is 0 Å². The van der Waals surface area contributed by atoms with Gasteiger partial charge in [0.25, 0.3) is 0 Å². The Kier molecular flexibility index (Phi) is 4.06. The Morgan fingerprint density at radius 1 is 1.14 bits per heavy atom. The molecule has 1 aromatic heterocycles. The number of hydrogen-bond acceptors (Lipinski definition) is 2. The molecule has 0 fully saturated rings. The fourth-order valence-corrected chi connectivity index (χ4v) is 2.55. The van der Waals surface area contributed by atoms with Crippen molar-refractivity contribution in [2.75, 3.05) is 5.32 Å². The van der Waals surface area contributed by atoms with Crippen LogP contribution in [0.4, 0.5) is 5.69 Å². The van der Waals surface area contributed by atoms with Gasteiger partial charge in [-0.15, -0.1) is 0 Å². The minimum atomic E-state index is 0.793. The van der Waals surface area contributed by atoms with Crippen LogP contribution in [0.2, 0.25) is 0 Å². The molecule has 0 amide bonds. The standard InChI is InChI=1S/C17H16BrN3/c1-13-3-8-16(18)17(11-13)19-12-14-4-6-15(7-5-14)21-10-2-9-20-21/h2-11,19H,12H2,1H3. The van der Waals surface area contributed by atoms with Gasteiger partial charge in [-0.05, 0) is 64.3 Å². The largest absolute Gasteiger partial charge is 0.380 e. The third-order valence-corrected chi connectivity index (χ3v) is 4.00. The molecular formula is C17H16BrN3. The van der Waals surface area contributed by atoms with Gasteiger partial charge in [-0.2, -0.15) is 5.10 Å². The molecule has 0 radical (unpaired) electrons. The van der Waals surface area contributed by atoms with Gasteiger partial charge in [-0.1, -0.05) is 18.2 Å². The summed E-state index contributed by atoms with van der Waals surface area (Å²) in [6.07, 6.45) is 3.72. The highest BCUT2D eigenvalue weighted by Crippen LogP contribution is 2.24. The summed E-state index contributed by atoms with van der Waals surface area (Å²) in [4.78, 5) is 0. The Balaban J connectivity index is 1.70. The minimum absolute atomic E-state index is 0.793. The number of nitrogens with one attached hydrogen (secondary N) is 1. The summed E-state index contributed by atoms with van der Waals surface area (Å²) in [5, 5.41) is 7.68. The molecule has 0 saturated heterocycles. The molecule has 0 aliphatic heterocycles. The number of aryl methyl sites for hydroxylation is 1. The van der Waals surface area contributed by atoms with Crippen LogP contribution in [0.25, 0.3) is 5.69 Å². The molecule has 0 spiro atoms. The molecule has 0 bridgehead atoms. The van der Waals surface area contributed by atoms with Crippen LogP contribution in [0.3, 0.4) is 0 Å². The van der Waals surface area contributed by atoms with Crippen LogP contribution in [0.15, 0.2) is 65.4 Å². The van der Waals surface area contributed by atoms with Crippen molar-refractivity contribution < 1.29 is 0 Å². The summed E-state index contributed by atoms with van der Waals surface area (Å²) < 4.78 is 2.94. The first-order valence-corrected chi connectivity index (χ1v) is 7.61. The Hall–Kier alpha value is -2.07. The van der Waals surface area contributed by atoms with E-state index in [9.17, 15) is 0 Å². The van der Waals surface area contributed by atoms with Crippen LogP contribution < -0.4 is 5.32 Å². The third-order valence-electron chi connectivity index (χ3n) is 3.31. The molecule has 0 aliphatic rings. The SMILES string of the molecule is Cc1ccc(Br)c(NCc2ccc(-n3cccn3)cc2)c1. The van der Waals surface area contributed by atoms with Crippen LogP contribution in [-0.2, 0) is 6.54 Å². The number of anilines is 1. The molecule has 21 heavy (non-hydrogen) atoms. The van der Waals surface area contributed by atoms with Gasteiger partial charge >= 0.3 is 0 Å². The number of rotatable bonds is 4. The summed E-state index contributed by atoms with van der Waals surface area (Å²) in [6.45, 7) is 2.89. The maximum Gasteiger partial charge on any atom is 0.0645 e. The quantitative estimate of drug-likeness (QED) is 0.754. The molecule has 106 valence electrons. The van der Waals surface area contributed by atoms with Crippen molar-refractivity contribution in [3.63, 3.8) is 0 Å². The van der Waals surface area contributed by atoms with Crippen molar-refractivity contribution in [1.29, 1.82) is 0 Å². The highest BCUT2D eigenvalue weighted by atomic mass is 79.9. The molecule has 3 rings (SSSR count). The Morgan fingerprint density at radius 3 is 2.67 bits per heavy atom. The van der Waals surface area contributed by atoms with Crippen molar-refractivity contribution in [3.8, 4) is 5.69 Å². The predicted octanol–water partition coefficient (Wildman–Crippen LogP) is 4.56. The fourth-order valence-electron chi connectivity index (χ4n) is 2.16. The van der Waals surface area contributed by atoms with Crippen molar-refractivity contribution in [3.05, 3.63) is 76.5 Å². The van der Waals surface area contributed by atoms with E-state index in [1.165, 1.54) is 11.1 Å². The topological polar surface area (TPSA) is 29.9 Å². The smallest absolute Gasteiger partial charge is 0.0645 e. The molecule has 1 heterocycles. The van der Waals surface area contributed by atoms with Gasteiger partial charge in [0.2, 0.25) is 0 Å². The van der Waals surface area contributed by atoms with Gasteiger partial charge in [-0.3, -0.25) is 0 Å². The summed E-state index contributed by atoms with van der Waals surface area (Å²) in [5.74, 6) is 0.